The number of rotatable bonds is 5. The van der Waals surface area contributed by atoms with Crippen LogP contribution in [0.25, 0.3) is 0 Å². The van der Waals surface area contributed by atoms with Gasteiger partial charge < -0.3 is 15.5 Å². The molecule has 10 heteroatoms. The third kappa shape index (κ3) is 5.83. The highest BCUT2D eigenvalue weighted by atomic mass is 19.4. The second-order valence-electron chi connectivity index (χ2n) is 7.94. The van der Waals surface area contributed by atoms with Gasteiger partial charge >= 0.3 is 6.18 Å². The van der Waals surface area contributed by atoms with E-state index in [0.29, 0.717) is 30.9 Å². The highest BCUT2D eigenvalue weighted by molar-refractivity contribution is 5.94. The molecule has 1 fully saturated rings. The van der Waals surface area contributed by atoms with E-state index in [9.17, 15) is 22.4 Å². The Balaban J connectivity index is 1.55. The number of nitrogens with zero attached hydrogens (tertiary/aromatic N) is 3. The predicted molar refractivity (Wildman–Crippen MR) is 110 cm³/mol. The molecule has 168 valence electrons. The van der Waals surface area contributed by atoms with Crippen LogP contribution in [0.2, 0.25) is 0 Å². The van der Waals surface area contributed by atoms with Crippen molar-refractivity contribution < 1.29 is 22.4 Å². The highest BCUT2D eigenvalue weighted by Crippen LogP contribution is 2.31. The Morgan fingerprint density at radius 1 is 1.06 bits per heavy atom. The molecule has 2 aromatic rings. The molecule has 0 unspecified atom stereocenters. The van der Waals surface area contributed by atoms with Gasteiger partial charge in [-0.25, -0.2) is 9.37 Å². The molecule has 0 aliphatic heterocycles. The van der Waals surface area contributed by atoms with E-state index in [1.54, 1.807) is 0 Å². The molecule has 6 nitrogen and oxygen atoms in total. The first-order chi connectivity index (χ1) is 14.5. The lowest BCUT2D eigenvalue weighted by atomic mass is 9.91. The van der Waals surface area contributed by atoms with E-state index in [0.717, 1.165) is 30.4 Å². The quantitative estimate of drug-likeness (QED) is 0.685. The normalized spacial score (nSPS) is 19.1. The molecule has 1 heterocycles. The molecule has 1 amide bonds. The minimum absolute atomic E-state index is 0.130. The number of amides is 1. The van der Waals surface area contributed by atoms with E-state index in [1.807, 2.05) is 32.0 Å². The molecule has 0 radical (unpaired) electrons. The number of aromatic nitrogens is 2. The first kappa shape index (κ1) is 22.8. The van der Waals surface area contributed by atoms with Gasteiger partial charge in [0, 0.05) is 43.5 Å². The van der Waals surface area contributed by atoms with Crippen LogP contribution in [-0.4, -0.2) is 42.1 Å². The van der Waals surface area contributed by atoms with Gasteiger partial charge in [0.1, 0.15) is 11.6 Å². The summed E-state index contributed by atoms with van der Waals surface area (Å²) in [4.78, 5) is 23.1. The number of benzene rings is 1. The summed E-state index contributed by atoms with van der Waals surface area (Å²) in [5.41, 5.74) is -0.660. The zero-order valence-corrected chi connectivity index (χ0v) is 17.6. The molecule has 1 aliphatic carbocycles. The number of hydrogen-bond acceptors (Lipinski definition) is 5. The van der Waals surface area contributed by atoms with Gasteiger partial charge in [-0.05, 0) is 50.8 Å². The number of halogens is 4. The fourth-order valence-electron chi connectivity index (χ4n) is 3.57. The van der Waals surface area contributed by atoms with Gasteiger partial charge in [0.2, 0.25) is 5.95 Å². The number of anilines is 2. The molecule has 3 rings (SSSR count). The van der Waals surface area contributed by atoms with Crippen molar-refractivity contribution in [3.05, 3.63) is 46.9 Å². The summed E-state index contributed by atoms with van der Waals surface area (Å²) in [5, 5.41) is 6.12. The van der Waals surface area contributed by atoms with Crippen LogP contribution in [0.1, 0.15) is 47.3 Å². The van der Waals surface area contributed by atoms with Gasteiger partial charge in [0.05, 0.1) is 5.56 Å². The Morgan fingerprint density at radius 3 is 2.29 bits per heavy atom. The van der Waals surface area contributed by atoms with Crippen molar-refractivity contribution in [3.63, 3.8) is 0 Å². The molecule has 1 aromatic carbocycles. The minimum Gasteiger partial charge on any atom is -0.363 e. The summed E-state index contributed by atoms with van der Waals surface area (Å²) in [6, 6.07) is 4.12. The van der Waals surface area contributed by atoms with Gasteiger partial charge in [0.15, 0.2) is 0 Å². The van der Waals surface area contributed by atoms with Gasteiger partial charge in [-0.15, -0.1) is 0 Å². The zero-order chi connectivity index (χ0) is 22.8. The van der Waals surface area contributed by atoms with Crippen LogP contribution in [0.5, 0.6) is 0 Å². The third-order valence-corrected chi connectivity index (χ3v) is 5.23. The summed E-state index contributed by atoms with van der Waals surface area (Å²) >= 11 is 0. The van der Waals surface area contributed by atoms with E-state index in [1.165, 1.54) is 0 Å². The number of carbonyl (C=O) groups excluding carboxylic acids is 1. The van der Waals surface area contributed by atoms with Crippen LogP contribution >= 0.6 is 0 Å². The van der Waals surface area contributed by atoms with Gasteiger partial charge in [0.25, 0.3) is 5.91 Å². The standard InChI is InChI=1S/C21H25F4N5O/c1-12-10-18(30(2)3)29-20(26-12)28-15-7-5-14(6-8-15)27-19(31)13-4-9-16(17(22)11-13)21(23,24)25/h4,9-11,14-15H,5-8H2,1-3H3,(H,27,31)(H,26,28,29)/t14-,15+. The van der Waals surface area contributed by atoms with Crippen molar-refractivity contribution in [2.24, 2.45) is 0 Å². The third-order valence-electron chi connectivity index (χ3n) is 5.23. The number of carbonyl (C=O) groups is 1. The monoisotopic (exact) mass is 439 g/mol. The summed E-state index contributed by atoms with van der Waals surface area (Å²) in [7, 11) is 3.81. The molecule has 0 spiro atoms. The van der Waals surface area contributed by atoms with Crippen molar-refractivity contribution in [3.8, 4) is 0 Å². The fourth-order valence-corrected chi connectivity index (χ4v) is 3.57. The average molecular weight is 439 g/mol. The predicted octanol–water partition coefficient (Wildman–Crippen LogP) is 4.16. The topological polar surface area (TPSA) is 70.2 Å². The Hall–Kier alpha value is -2.91. The Kier molecular flexibility index (Phi) is 6.66. The molecular formula is C21H25F4N5O. The summed E-state index contributed by atoms with van der Waals surface area (Å²) in [5.74, 6) is -0.680. The molecule has 2 N–H and O–H groups in total. The van der Waals surface area contributed by atoms with Gasteiger partial charge in [-0.2, -0.15) is 18.2 Å². The molecule has 31 heavy (non-hydrogen) atoms. The van der Waals surface area contributed by atoms with Crippen LogP contribution in [-0.2, 0) is 6.18 Å². The van der Waals surface area contributed by atoms with E-state index in [2.05, 4.69) is 20.6 Å². The van der Waals surface area contributed by atoms with Crippen LogP contribution in [0, 0.1) is 12.7 Å². The molecule has 1 aromatic heterocycles. The minimum atomic E-state index is -4.79. The Morgan fingerprint density at radius 2 is 1.71 bits per heavy atom. The molecule has 0 bridgehead atoms. The lowest BCUT2D eigenvalue weighted by Crippen LogP contribution is -2.40. The molecule has 1 aliphatic rings. The number of hydrogen-bond donors (Lipinski definition) is 2. The molecule has 0 saturated heterocycles. The zero-order valence-electron chi connectivity index (χ0n) is 17.6. The maximum absolute atomic E-state index is 13.7. The fraction of sp³-hybridized carbons (Fsp3) is 0.476. The van der Waals surface area contributed by atoms with Crippen LogP contribution in [0.15, 0.2) is 24.3 Å². The SMILES string of the molecule is Cc1cc(N(C)C)nc(N[C@H]2CC[C@@H](NC(=O)c3ccc(C(F)(F)F)c(F)c3)CC2)n1. The highest BCUT2D eigenvalue weighted by Gasteiger charge is 2.34. The number of nitrogens with one attached hydrogen (secondary N) is 2. The molecular weight excluding hydrogens is 414 g/mol. The van der Waals surface area contributed by atoms with Crippen LogP contribution < -0.4 is 15.5 Å². The van der Waals surface area contributed by atoms with Gasteiger partial charge in [-0.1, -0.05) is 0 Å². The van der Waals surface area contributed by atoms with Crippen LogP contribution in [0.3, 0.4) is 0 Å². The summed E-state index contributed by atoms with van der Waals surface area (Å²) in [6.45, 7) is 1.90. The van der Waals surface area contributed by atoms with Crippen molar-refractivity contribution in [1.82, 2.24) is 15.3 Å². The van der Waals surface area contributed by atoms with Crippen molar-refractivity contribution in [2.75, 3.05) is 24.3 Å². The lowest BCUT2D eigenvalue weighted by Gasteiger charge is -2.30. The maximum Gasteiger partial charge on any atom is 0.419 e. The second kappa shape index (κ2) is 9.07. The number of aryl methyl sites for hydroxylation is 1. The van der Waals surface area contributed by atoms with E-state index in [4.69, 9.17) is 0 Å². The van der Waals surface area contributed by atoms with Crippen LogP contribution in [0.4, 0.5) is 29.3 Å². The second-order valence-corrected chi connectivity index (χ2v) is 7.94. The largest absolute Gasteiger partial charge is 0.419 e. The smallest absolute Gasteiger partial charge is 0.363 e. The first-order valence-electron chi connectivity index (χ1n) is 10.00. The number of alkyl halides is 3. The average Bonchev–Trinajstić information content (AvgIpc) is 2.68. The van der Waals surface area contributed by atoms with Crippen molar-refractivity contribution in [1.29, 1.82) is 0 Å². The van der Waals surface area contributed by atoms with Crippen molar-refractivity contribution in [2.45, 2.75) is 50.9 Å². The van der Waals surface area contributed by atoms with E-state index < -0.39 is 23.5 Å². The summed E-state index contributed by atoms with van der Waals surface area (Å²) in [6.07, 6.45) is -1.90. The maximum atomic E-state index is 13.7. The van der Waals surface area contributed by atoms with Gasteiger partial charge in [-0.3, -0.25) is 4.79 Å². The first-order valence-corrected chi connectivity index (χ1v) is 10.00. The molecule has 0 atom stereocenters. The Labute approximate surface area is 178 Å². The summed E-state index contributed by atoms with van der Waals surface area (Å²) < 4.78 is 51.7. The molecule has 1 saturated carbocycles. The lowest BCUT2D eigenvalue weighted by molar-refractivity contribution is -0.140. The Bertz CT molecular complexity index is 940. The van der Waals surface area contributed by atoms with Crippen molar-refractivity contribution >= 4 is 17.7 Å². The van der Waals surface area contributed by atoms with E-state index in [-0.39, 0.29) is 17.6 Å². The van der Waals surface area contributed by atoms with E-state index >= 15 is 0 Å².